The average molecular weight is 367 g/mol. The van der Waals surface area contributed by atoms with Crippen LogP contribution >= 0.6 is 15.9 Å². The van der Waals surface area contributed by atoms with Gasteiger partial charge in [0.2, 0.25) is 0 Å². The third-order valence-electron chi connectivity index (χ3n) is 3.11. The van der Waals surface area contributed by atoms with Gasteiger partial charge in [0.25, 0.3) is 10.2 Å². The van der Waals surface area contributed by atoms with Crippen LogP contribution in [0, 0.1) is 0 Å². The highest BCUT2D eigenvalue weighted by molar-refractivity contribution is 9.10. The lowest BCUT2D eigenvalue weighted by Gasteiger charge is -2.36. The summed E-state index contributed by atoms with van der Waals surface area (Å²) in [5.74, 6) is 0.595. The Bertz CT molecular complexity index is 550. The Balaban J connectivity index is 2.08. The van der Waals surface area contributed by atoms with E-state index in [0.29, 0.717) is 23.5 Å². The van der Waals surface area contributed by atoms with Crippen LogP contribution in [0.5, 0.6) is 0 Å². The summed E-state index contributed by atoms with van der Waals surface area (Å²) in [7, 11) is -1.95. The quantitative estimate of drug-likeness (QED) is 0.815. The molecule has 2 rings (SSSR count). The van der Waals surface area contributed by atoms with Gasteiger partial charge in [-0.2, -0.15) is 17.0 Å². The number of nitrogens with zero attached hydrogens (tertiary/aromatic N) is 2. The Morgan fingerprint density at radius 2 is 1.95 bits per heavy atom. The summed E-state index contributed by atoms with van der Waals surface area (Å²) in [6.45, 7) is 4.70. The monoisotopic (exact) mass is 366 g/mol. The molecule has 0 aliphatic carbocycles. The van der Waals surface area contributed by atoms with Crippen molar-refractivity contribution in [2.45, 2.75) is 32.6 Å². The molecule has 0 aromatic carbocycles. The van der Waals surface area contributed by atoms with Gasteiger partial charge >= 0.3 is 0 Å². The van der Waals surface area contributed by atoms with Crippen LogP contribution in [0.2, 0.25) is 0 Å². The first-order valence-corrected chi connectivity index (χ1v) is 8.59. The molecule has 20 heavy (non-hydrogen) atoms. The third kappa shape index (κ3) is 3.62. The van der Waals surface area contributed by atoms with Crippen LogP contribution in [-0.4, -0.2) is 49.4 Å². The fourth-order valence-corrected chi connectivity index (χ4v) is 4.08. The fourth-order valence-electron chi connectivity index (χ4n) is 2.25. The highest BCUT2D eigenvalue weighted by Gasteiger charge is 2.33. The molecule has 2 heterocycles. The van der Waals surface area contributed by atoms with Gasteiger partial charge in [0.05, 0.1) is 18.8 Å². The maximum absolute atomic E-state index is 12.5. The number of hydrogen-bond donors (Lipinski definition) is 0. The number of halogens is 1. The Kier molecular flexibility index (Phi) is 4.91. The molecule has 0 amide bonds. The van der Waals surface area contributed by atoms with Crippen molar-refractivity contribution in [2.75, 3.05) is 20.1 Å². The molecule has 1 aromatic heterocycles. The number of hydrogen-bond acceptors (Lipinski definition) is 4. The predicted octanol–water partition coefficient (Wildman–Crippen LogP) is 1.83. The molecule has 8 heteroatoms. The van der Waals surface area contributed by atoms with Gasteiger partial charge in [0.15, 0.2) is 4.67 Å². The summed E-state index contributed by atoms with van der Waals surface area (Å²) in [4.78, 5) is 0. The van der Waals surface area contributed by atoms with E-state index < -0.39 is 10.2 Å². The Morgan fingerprint density at radius 3 is 2.45 bits per heavy atom. The van der Waals surface area contributed by atoms with E-state index in [0.717, 1.165) is 0 Å². The van der Waals surface area contributed by atoms with E-state index in [2.05, 4.69) is 15.9 Å². The molecule has 114 valence electrons. The SMILES string of the molecule is CC1CN(S(=O)(=O)N(C)Cc2ccc(Br)o2)CC(C)O1. The van der Waals surface area contributed by atoms with Crippen molar-refractivity contribution in [3.8, 4) is 0 Å². The summed E-state index contributed by atoms with van der Waals surface area (Å²) in [6.07, 6.45) is -0.195. The lowest BCUT2D eigenvalue weighted by molar-refractivity contribution is -0.0453. The summed E-state index contributed by atoms with van der Waals surface area (Å²) >= 11 is 3.20. The largest absolute Gasteiger partial charge is 0.453 e. The molecule has 1 aliphatic rings. The van der Waals surface area contributed by atoms with E-state index in [1.807, 2.05) is 13.8 Å². The van der Waals surface area contributed by atoms with Crippen molar-refractivity contribution in [3.63, 3.8) is 0 Å². The molecule has 1 aliphatic heterocycles. The summed E-state index contributed by atoms with van der Waals surface area (Å²) in [5, 5.41) is 0. The van der Waals surface area contributed by atoms with Crippen LogP contribution in [0.3, 0.4) is 0 Å². The topological polar surface area (TPSA) is 63.0 Å². The molecule has 6 nitrogen and oxygen atoms in total. The van der Waals surface area contributed by atoms with Crippen molar-refractivity contribution >= 4 is 26.1 Å². The van der Waals surface area contributed by atoms with Crippen LogP contribution in [-0.2, 0) is 21.5 Å². The van der Waals surface area contributed by atoms with Gasteiger partial charge in [-0.25, -0.2) is 0 Å². The minimum absolute atomic E-state index is 0.0975. The molecular formula is C12H19BrN2O4S. The second-order valence-corrected chi connectivity index (χ2v) is 7.86. The van der Waals surface area contributed by atoms with E-state index in [-0.39, 0.29) is 18.8 Å². The van der Waals surface area contributed by atoms with E-state index >= 15 is 0 Å². The molecule has 0 N–H and O–H groups in total. The van der Waals surface area contributed by atoms with E-state index in [9.17, 15) is 8.42 Å². The smallest absolute Gasteiger partial charge is 0.282 e. The molecule has 0 spiro atoms. The van der Waals surface area contributed by atoms with Gasteiger partial charge in [0, 0.05) is 20.1 Å². The third-order valence-corrected chi connectivity index (χ3v) is 5.41. The Morgan fingerprint density at radius 1 is 1.35 bits per heavy atom. The number of morpholine rings is 1. The molecule has 0 bridgehead atoms. The van der Waals surface area contributed by atoms with Gasteiger partial charge in [-0.3, -0.25) is 0 Å². The van der Waals surface area contributed by atoms with Crippen molar-refractivity contribution in [3.05, 3.63) is 22.6 Å². The molecule has 2 unspecified atom stereocenters. The van der Waals surface area contributed by atoms with E-state index in [1.54, 1.807) is 19.2 Å². The maximum Gasteiger partial charge on any atom is 0.282 e. The van der Waals surface area contributed by atoms with Gasteiger partial charge in [-0.15, -0.1) is 0 Å². The van der Waals surface area contributed by atoms with Crippen LogP contribution in [0.4, 0.5) is 0 Å². The van der Waals surface area contributed by atoms with Crippen molar-refractivity contribution in [2.24, 2.45) is 0 Å². The first kappa shape index (κ1) is 16.0. The average Bonchev–Trinajstić information content (AvgIpc) is 2.73. The molecule has 1 fully saturated rings. The van der Waals surface area contributed by atoms with Crippen molar-refractivity contribution in [1.82, 2.24) is 8.61 Å². The lowest BCUT2D eigenvalue weighted by Crippen LogP contribution is -2.52. The summed E-state index contributed by atoms with van der Waals surface area (Å²) < 4.78 is 39.3. The lowest BCUT2D eigenvalue weighted by atomic mass is 10.3. The second-order valence-electron chi connectivity index (χ2n) is 5.04. The number of rotatable bonds is 4. The van der Waals surface area contributed by atoms with Gasteiger partial charge < -0.3 is 9.15 Å². The number of ether oxygens (including phenoxy) is 1. The zero-order valence-corrected chi connectivity index (χ0v) is 14.1. The highest BCUT2D eigenvalue weighted by Crippen LogP contribution is 2.20. The Labute approximate surface area is 128 Å². The van der Waals surface area contributed by atoms with Crippen molar-refractivity contribution < 1.29 is 17.6 Å². The number of furan rings is 1. The first-order valence-electron chi connectivity index (χ1n) is 6.40. The second kappa shape index (κ2) is 6.15. The molecule has 0 radical (unpaired) electrons. The zero-order valence-electron chi connectivity index (χ0n) is 11.7. The van der Waals surface area contributed by atoms with Crippen LogP contribution in [0.25, 0.3) is 0 Å². The molecule has 1 saturated heterocycles. The molecule has 2 atom stereocenters. The summed E-state index contributed by atoms with van der Waals surface area (Å²) in [6, 6.07) is 3.50. The minimum atomic E-state index is -3.51. The fraction of sp³-hybridized carbons (Fsp3) is 0.667. The maximum atomic E-state index is 12.5. The van der Waals surface area contributed by atoms with Crippen molar-refractivity contribution in [1.29, 1.82) is 0 Å². The molecular weight excluding hydrogens is 348 g/mol. The van der Waals surface area contributed by atoms with Crippen LogP contribution in [0.15, 0.2) is 21.2 Å². The van der Waals surface area contributed by atoms with E-state index in [1.165, 1.54) is 8.61 Å². The van der Waals surface area contributed by atoms with Crippen LogP contribution < -0.4 is 0 Å². The van der Waals surface area contributed by atoms with E-state index in [4.69, 9.17) is 9.15 Å². The standard InChI is InChI=1S/C12H19BrN2O4S/c1-9-6-15(7-10(2)18-9)20(16,17)14(3)8-11-4-5-12(13)19-11/h4-5,9-10H,6-8H2,1-3H3. The van der Waals surface area contributed by atoms with Crippen LogP contribution in [0.1, 0.15) is 19.6 Å². The minimum Gasteiger partial charge on any atom is -0.453 e. The highest BCUT2D eigenvalue weighted by atomic mass is 79.9. The normalized spacial score (nSPS) is 25.2. The predicted molar refractivity (Wildman–Crippen MR) is 78.4 cm³/mol. The Hall–Kier alpha value is -0.410. The first-order chi connectivity index (χ1) is 9.29. The molecule has 1 aromatic rings. The van der Waals surface area contributed by atoms with Gasteiger partial charge in [0.1, 0.15) is 5.76 Å². The molecule has 0 saturated carbocycles. The van der Waals surface area contributed by atoms with Gasteiger partial charge in [-0.05, 0) is 41.9 Å². The van der Waals surface area contributed by atoms with Gasteiger partial charge in [-0.1, -0.05) is 0 Å². The summed E-state index contributed by atoms with van der Waals surface area (Å²) in [5.41, 5.74) is 0. The zero-order chi connectivity index (χ0) is 14.9.